The molecule has 0 spiro atoms. The van der Waals surface area contributed by atoms with E-state index in [4.69, 9.17) is 25.2 Å². The standard InChI is InChI=1S/C23H18ClF3N4O3/c24-16-6-5-14(23(25,26)27)13-19(16)34-15-7-9-31(10-8-15)22-28-20(17-3-1-11-32-17)21(29-30-22)18-4-2-12-33-18/h1-6,11-13,15H,7-10H2. The number of ether oxygens (including phenoxy) is 1. The third kappa shape index (κ3) is 4.58. The van der Waals surface area contributed by atoms with Gasteiger partial charge in [-0.25, -0.2) is 4.98 Å². The van der Waals surface area contributed by atoms with Crippen molar-refractivity contribution in [3.63, 3.8) is 0 Å². The molecule has 1 fully saturated rings. The Morgan fingerprint density at radius 1 is 0.941 bits per heavy atom. The molecule has 0 atom stereocenters. The van der Waals surface area contributed by atoms with Crippen molar-refractivity contribution in [1.82, 2.24) is 15.2 Å². The van der Waals surface area contributed by atoms with Crippen molar-refractivity contribution >= 4 is 17.5 Å². The predicted octanol–water partition coefficient (Wildman–Crippen LogP) is 6.11. The number of nitrogens with zero attached hydrogens (tertiary/aromatic N) is 4. The molecule has 0 aliphatic carbocycles. The molecule has 3 aromatic heterocycles. The molecule has 34 heavy (non-hydrogen) atoms. The number of furan rings is 2. The summed E-state index contributed by atoms with van der Waals surface area (Å²) in [5.41, 5.74) is 0.158. The summed E-state index contributed by atoms with van der Waals surface area (Å²) in [6.07, 6.45) is -0.581. The Morgan fingerprint density at radius 3 is 2.24 bits per heavy atom. The van der Waals surface area contributed by atoms with Crippen LogP contribution in [0.5, 0.6) is 5.75 Å². The molecule has 1 saturated heterocycles. The highest BCUT2D eigenvalue weighted by molar-refractivity contribution is 6.32. The average molecular weight is 491 g/mol. The number of anilines is 1. The van der Waals surface area contributed by atoms with Crippen LogP contribution in [-0.2, 0) is 6.18 Å². The van der Waals surface area contributed by atoms with Crippen LogP contribution in [0.2, 0.25) is 5.02 Å². The van der Waals surface area contributed by atoms with E-state index in [0.717, 1.165) is 12.1 Å². The molecule has 11 heteroatoms. The van der Waals surface area contributed by atoms with Gasteiger partial charge in [0.25, 0.3) is 0 Å². The van der Waals surface area contributed by atoms with Gasteiger partial charge in [0.1, 0.15) is 17.5 Å². The predicted molar refractivity (Wildman–Crippen MR) is 118 cm³/mol. The first-order valence-corrected chi connectivity index (χ1v) is 10.9. The first-order valence-electron chi connectivity index (χ1n) is 10.5. The van der Waals surface area contributed by atoms with Crippen molar-refractivity contribution in [3.8, 4) is 28.7 Å². The van der Waals surface area contributed by atoms with E-state index in [9.17, 15) is 13.2 Å². The molecular formula is C23H18ClF3N4O3. The minimum Gasteiger partial charge on any atom is -0.489 e. The lowest BCUT2D eigenvalue weighted by Gasteiger charge is -2.32. The second-order valence-electron chi connectivity index (χ2n) is 7.71. The number of halogens is 4. The van der Waals surface area contributed by atoms with Gasteiger partial charge in [0.2, 0.25) is 5.95 Å². The van der Waals surface area contributed by atoms with Crippen molar-refractivity contribution in [3.05, 3.63) is 65.6 Å². The van der Waals surface area contributed by atoms with Gasteiger partial charge in [-0.3, -0.25) is 0 Å². The Morgan fingerprint density at radius 2 is 1.62 bits per heavy atom. The first kappa shape index (κ1) is 22.3. The molecule has 5 rings (SSSR count). The van der Waals surface area contributed by atoms with Crippen molar-refractivity contribution in [2.45, 2.75) is 25.1 Å². The molecule has 1 aliphatic rings. The second-order valence-corrected chi connectivity index (χ2v) is 8.12. The number of piperidine rings is 1. The normalized spacial score (nSPS) is 15.0. The maximum absolute atomic E-state index is 13.0. The molecule has 0 N–H and O–H groups in total. The van der Waals surface area contributed by atoms with Gasteiger partial charge in [0, 0.05) is 25.9 Å². The third-order valence-corrected chi connectivity index (χ3v) is 5.77. The molecular weight excluding hydrogens is 473 g/mol. The lowest BCUT2D eigenvalue weighted by molar-refractivity contribution is -0.137. The lowest BCUT2D eigenvalue weighted by Crippen LogP contribution is -2.39. The number of rotatable bonds is 5. The van der Waals surface area contributed by atoms with Gasteiger partial charge >= 0.3 is 6.18 Å². The van der Waals surface area contributed by atoms with Crippen LogP contribution in [0, 0.1) is 0 Å². The highest BCUT2D eigenvalue weighted by Gasteiger charge is 2.32. The fourth-order valence-electron chi connectivity index (χ4n) is 3.74. The molecule has 0 saturated carbocycles. The molecule has 0 unspecified atom stereocenters. The van der Waals surface area contributed by atoms with Crippen LogP contribution in [0.3, 0.4) is 0 Å². The summed E-state index contributed by atoms with van der Waals surface area (Å²) in [6, 6.07) is 10.1. The molecule has 1 aromatic carbocycles. The number of alkyl halides is 3. The lowest BCUT2D eigenvalue weighted by atomic mass is 10.1. The molecule has 0 bridgehead atoms. The Bertz CT molecular complexity index is 1260. The molecule has 176 valence electrons. The smallest absolute Gasteiger partial charge is 0.416 e. The van der Waals surface area contributed by atoms with Gasteiger partial charge < -0.3 is 18.5 Å². The minimum absolute atomic E-state index is 0.0239. The summed E-state index contributed by atoms with van der Waals surface area (Å²) < 4.78 is 55.9. The van der Waals surface area contributed by atoms with Gasteiger partial charge in [-0.05, 0) is 42.5 Å². The highest BCUT2D eigenvalue weighted by Crippen LogP contribution is 2.36. The van der Waals surface area contributed by atoms with Crippen molar-refractivity contribution < 1.29 is 26.7 Å². The van der Waals surface area contributed by atoms with Crippen LogP contribution in [0.25, 0.3) is 22.9 Å². The summed E-state index contributed by atoms with van der Waals surface area (Å²) in [4.78, 5) is 6.61. The number of hydrogen-bond donors (Lipinski definition) is 0. The summed E-state index contributed by atoms with van der Waals surface area (Å²) in [7, 11) is 0. The number of aromatic nitrogens is 3. The highest BCUT2D eigenvalue weighted by atomic mass is 35.5. The summed E-state index contributed by atoms with van der Waals surface area (Å²) in [5.74, 6) is 1.48. The van der Waals surface area contributed by atoms with E-state index >= 15 is 0 Å². The average Bonchev–Trinajstić information content (AvgIpc) is 3.55. The van der Waals surface area contributed by atoms with Crippen LogP contribution < -0.4 is 9.64 Å². The second kappa shape index (κ2) is 9.02. The van der Waals surface area contributed by atoms with Crippen LogP contribution in [0.15, 0.2) is 63.8 Å². The monoisotopic (exact) mass is 490 g/mol. The van der Waals surface area contributed by atoms with Crippen LogP contribution in [0.1, 0.15) is 18.4 Å². The molecule has 7 nitrogen and oxygen atoms in total. The zero-order valence-electron chi connectivity index (χ0n) is 17.6. The van der Waals surface area contributed by atoms with Gasteiger partial charge in [-0.1, -0.05) is 11.6 Å². The minimum atomic E-state index is -4.47. The van der Waals surface area contributed by atoms with Crippen LogP contribution >= 0.6 is 11.6 Å². The Kier molecular flexibility index (Phi) is 5.91. The Balaban J connectivity index is 1.31. The summed E-state index contributed by atoms with van der Waals surface area (Å²) in [6.45, 7) is 1.06. The van der Waals surface area contributed by atoms with Crippen LogP contribution in [-0.4, -0.2) is 34.4 Å². The molecule has 1 aliphatic heterocycles. The molecule has 0 radical (unpaired) electrons. The van der Waals surface area contributed by atoms with Crippen molar-refractivity contribution in [1.29, 1.82) is 0 Å². The van der Waals surface area contributed by atoms with E-state index in [1.165, 1.54) is 12.3 Å². The molecule has 4 aromatic rings. The zero-order valence-corrected chi connectivity index (χ0v) is 18.4. The number of hydrogen-bond acceptors (Lipinski definition) is 7. The van der Waals surface area contributed by atoms with Crippen molar-refractivity contribution in [2.75, 3.05) is 18.0 Å². The van der Waals surface area contributed by atoms with Gasteiger partial charge in [0.05, 0.1) is 23.1 Å². The van der Waals surface area contributed by atoms with E-state index in [0.29, 0.717) is 54.8 Å². The first-order chi connectivity index (χ1) is 16.4. The third-order valence-electron chi connectivity index (χ3n) is 5.46. The van der Waals surface area contributed by atoms with Gasteiger partial charge in [-0.15, -0.1) is 10.2 Å². The maximum atomic E-state index is 13.0. The van der Waals surface area contributed by atoms with E-state index in [2.05, 4.69) is 15.2 Å². The SMILES string of the molecule is FC(F)(F)c1ccc(Cl)c(OC2CCN(c3nnc(-c4ccco4)c(-c4ccco4)n3)CC2)c1. The topological polar surface area (TPSA) is 77.4 Å². The van der Waals surface area contributed by atoms with E-state index in [1.54, 1.807) is 30.5 Å². The molecule has 0 amide bonds. The summed E-state index contributed by atoms with van der Waals surface area (Å²) in [5, 5.41) is 8.73. The van der Waals surface area contributed by atoms with E-state index < -0.39 is 11.7 Å². The fourth-order valence-corrected chi connectivity index (χ4v) is 3.90. The van der Waals surface area contributed by atoms with E-state index in [-0.39, 0.29) is 16.9 Å². The van der Waals surface area contributed by atoms with E-state index in [1.807, 2.05) is 4.90 Å². The maximum Gasteiger partial charge on any atom is 0.416 e. The Labute approximate surface area is 197 Å². The van der Waals surface area contributed by atoms with Gasteiger partial charge in [0.15, 0.2) is 17.2 Å². The summed E-state index contributed by atoms with van der Waals surface area (Å²) >= 11 is 6.07. The fraction of sp³-hybridized carbons (Fsp3) is 0.261. The van der Waals surface area contributed by atoms with Crippen LogP contribution in [0.4, 0.5) is 19.1 Å². The largest absolute Gasteiger partial charge is 0.489 e. The molecule has 4 heterocycles. The Hall–Kier alpha value is -3.53. The van der Waals surface area contributed by atoms with Gasteiger partial charge in [-0.2, -0.15) is 13.2 Å². The zero-order chi connectivity index (χ0) is 23.7. The number of benzene rings is 1. The quantitative estimate of drug-likeness (QED) is 0.334. The van der Waals surface area contributed by atoms with Crippen molar-refractivity contribution in [2.24, 2.45) is 0 Å².